The fraction of sp³-hybridized carbons (Fsp3) is 0.278. The molecule has 0 aliphatic carbocycles. The van der Waals surface area contributed by atoms with E-state index in [1.165, 1.54) is 10.6 Å². The van der Waals surface area contributed by atoms with Crippen molar-refractivity contribution in [2.75, 3.05) is 22.7 Å². The summed E-state index contributed by atoms with van der Waals surface area (Å²) in [7, 11) is -3.35. The highest BCUT2D eigenvalue weighted by molar-refractivity contribution is 7.92. The maximum atomic E-state index is 12.6. The molecule has 0 radical (unpaired) electrons. The average Bonchev–Trinajstić information content (AvgIpc) is 3.15. The summed E-state index contributed by atoms with van der Waals surface area (Å²) in [5.74, 6) is 0.974. The van der Waals surface area contributed by atoms with Crippen LogP contribution in [0.15, 0.2) is 36.4 Å². The number of sulfonamides is 1. The number of carbonyl (C=O) groups is 1. The highest BCUT2D eigenvalue weighted by Gasteiger charge is 2.32. The van der Waals surface area contributed by atoms with E-state index in [2.05, 4.69) is 5.32 Å². The largest absolute Gasteiger partial charge is 0.454 e. The molecular weight excluding hydrogens is 356 g/mol. The lowest BCUT2D eigenvalue weighted by Crippen LogP contribution is -2.34. The lowest BCUT2D eigenvalue weighted by atomic mass is 10.1. The first-order valence-electron chi connectivity index (χ1n) is 8.16. The molecule has 0 unspecified atom stereocenters. The monoisotopic (exact) mass is 374 g/mol. The van der Waals surface area contributed by atoms with Gasteiger partial charge in [0.05, 0.1) is 11.9 Å². The molecule has 8 heteroatoms. The minimum absolute atomic E-state index is 0.160. The van der Waals surface area contributed by atoms with E-state index in [0.717, 1.165) is 5.56 Å². The third kappa shape index (κ3) is 2.86. The van der Waals surface area contributed by atoms with E-state index >= 15 is 0 Å². The van der Waals surface area contributed by atoms with Crippen LogP contribution in [0.4, 0.5) is 11.4 Å². The molecule has 0 saturated heterocycles. The predicted octanol–water partition coefficient (Wildman–Crippen LogP) is 2.38. The van der Waals surface area contributed by atoms with Crippen LogP contribution >= 0.6 is 0 Å². The van der Waals surface area contributed by atoms with Crippen molar-refractivity contribution in [3.63, 3.8) is 0 Å². The Balaban J connectivity index is 1.58. The quantitative estimate of drug-likeness (QED) is 0.892. The van der Waals surface area contributed by atoms with Gasteiger partial charge in [0.15, 0.2) is 11.5 Å². The highest BCUT2D eigenvalue weighted by Crippen LogP contribution is 2.36. The summed E-state index contributed by atoms with van der Waals surface area (Å²) in [4.78, 5) is 12.6. The Morgan fingerprint density at radius 1 is 1.15 bits per heavy atom. The molecule has 1 atom stereocenters. The van der Waals surface area contributed by atoms with Crippen molar-refractivity contribution < 1.29 is 22.7 Å². The molecule has 7 nitrogen and oxygen atoms in total. The number of nitrogens with one attached hydrogen (secondary N) is 1. The number of rotatable bonds is 3. The van der Waals surface area contributed by atoms with Crippen LogP contribution in [0.25, 0.3) is 0 Å². The van der Waals surface area contributed by atoms with Gasteiger partial charge in [0.1, 0.15) is 0 Å². The second-order valence-electron chi connectivity index (χ2n) is 6.48. The number of amides is 1. The van der Waals surface area contributed by atoms with Gasteiger partial charge >= 0.3 is 0 Å². The number of hydrogen-bond acceptors (Lipinski definition) is 5. The molecule has 2 heterocycles. The maximum Gasteiger partial charge on any atom is 0.255 e. The molecule has 136 valence electrons. The van der Waals surface area contributed by atoms with Crippen molar-refractivity contribution in [1.29, 1.82) is 0 Å². The van der Waals surface area contributed by atoms with Crippen LogP contribution in [0.1, 0.15) is 22.8 Å². The Labute approximate surface area is 151 Å². The number of ether oxygens (including phenoxy) is 2. The van der Waals surface area contributed by atoms with Crippen molar-refractivity contribution >= 4 is 27.3 Å². The van der Waals surface area contributed by atoms with Crippen LogP contribution < -0.4 is 19.1 Å². The van der Waals surface area contributed by atoms with E-state index in [0.29, 0.717) is 34.9 Å². The minimum atomic E-state index is -3.35. The zero-order valence-corrected chi connectivity index (χ0v) is 15.2. The van der Waals surface area contributed by atoms with E-state index in [4.69, 9.17) is 9.47 Å². The Bertz CT molecular complexity index is 1000. The first-order valence-corrected chi connectivity index (χ1v) is 10.0. The molecule has 0 saturated carbocycles. The van der Waals surface area contributed by atoms with Gasteiger partial charge in [-0.1, -0.05) is 0 Å². The Morgan fingerprint density at radius 2 is 1.92 bits per heavy atom. The first kappa shape index (κ1) is 16.7. The van der Waals surface area contributed by atoms with Crippen LogP contribution in [0.3, 0.4) is 0 Å². The molecule has 0 aromatic heterocycles. The third-order valence-corrected chi connectivity index (χ3v) is 5.75. The number of fused-ring (bicyclic) bond motifs is 2. The standard InChI is InChI=1S/C18H18N2O5S/c1-11-7-13-8-12(3-5-15(13)20(11)26(2,22)23)18(21)19-14-4-6-16-17(9-14)25-10-24-16/h3-6,8-9,11H,7,10H2,1-2H3,(H,19,21)/t11-/m1/s1. The molecule has 1 N–H and O–H groups in total. The van der Waals surface area contributed by atoms with Gasteiger partial charge in [0.2, 0.25) is 16.8 Å². The van der Waals surface area contributed by atoms with Gasteiger partial charge in [-0.25, -0.2) is 8.42 Å². The fourth-order valence-electron chi connectivity index (χ4n) is 3.43. The van der Waals surface area contributed by atoms with Gasteiger partial charge in [0, 0.05) is 23.4 Å². The molecular formula is C18H18N2O5S. The van der Waals surface area contributed by atoms with Crippen molar-refractivity contribution in [1.82, 2.24) is 0 Å². The van der Waals surface area contributed by atoms with Crippen molar-refractivity contribution in [3.8, 4) is 11.5 Å². The fourth-order valence-corrected chi connectivity index (χ4v) is 4.69. The topological polar surface area (TPSA) is 84.9 Å². The zero-order chi connectivity index (χ0) is 18.5. The molecule has 2 aliphatic heterocycles. The second kappa shape index (κ2) is 5.91. The summed E-state index contributed by atoms with van der Waals surface area (Å²) in [6.07, 6.45) is 1.77. The van der Waals surface area contributed by atoms with Gasteiger partial charge in [-0.3, -0.25) is 9.10 Å². The maximum absolute atomic E-state index is 12.6. The number of carbonyl (C=O) groups excluding carboxylic acids is 1. The molecule has 2 aromatic carbocycles. The summed E-state index contributed by atoms with van der Waals surface area (Å²) >= 11 is 0. The highest BCUT2D eigenvalue weighted by atomic mass is 32.2. The molecule has 2 aliphatic rings. The van der Waals surface area contributed by atoms with Crippen LogP contribution in [0.5, 0.6) is 11.5 Å². The Kier molecular flexibility index (Phi) is 3.80. The molecule has 0 fully saturated rings. The SMILES string of the molecule is C[C@@H]1Cc2cc(C(=O)Nc3ccc4c(c3)OCO4)ccc2N1S(C)(=O)=O. The zero-order valence-electron chi connectivity index (χ0n) is 14.4. The van der Waals surface area contributed by atoms with E-state index in [-0.39, 0.29) is 18.7 Å². The smallest absolute Gasteiger partial charge is 0.255 e. The number of hydrogen-bond donors (Lipinski definition) is 1. The van der Waals surface area contributed by atoms with Crippen molar-refractivity contribution in [2.45, 2.75) is 19.4 Å². The van der Waals surface area contributed by atoms with Gasteiger partial charge < -0.3 is 14.8 Å². The van der Waals surface area contributed by atoms with Gasteiger partial charge in [-0.05, 0) is 49.2 Å². The van der Waals surface area contributed by atoms with E-state index < -0.39 is 10.0 Å². The van der Waals surface area contributed by atoms with Crippen LogP contribution in [0, 0.1) is 0 Å². The van der Waals surface area contributed by atoms with Crippen molar-refractivity contribution in [2.24, 2.45) is 0 Å². The first-order chi connectivity index (χ1) is 12.3. The van der Waals surface area contributed by atoms with Gasteiger partial charge in [0.25, 0.3) is 5.91 Å². The Hall–Kier alpha value is -2.74. The second-order valence-corrected chi connectivity index (χ2v) is 8.34. The molecule has 26 heavy (non-hydrogen) atoms. The lowest BCUT2D eigenvalue weighted by Gasteiger charge is -2.21. The summed E-state index contributed by atoms with van der Waals surface area (Å²) < 4.78 is 35.9. The Morgan fingerprint density at radius 3 is 2.69 bits per heavy atom. The predicted molar refractivity (Wildman–Crippen MR) is 97.4 cm³/mol. The summed E-state index contributed by atoms with van der Waals surface area (Å²) in [5, 5.41) is 2.83. The number of nitrogens with zero attached hydrogens (tertiary/aromatic N) is 1. The molecule has 0 spiro atoms. The van der Waals surface area contributed by atoms with E-state index in [9.17, 15) is 13.2 Å². The number of benzene rings is 2. The van der Waals surface area contributed by atoms with Crippen molar-refractivity contribution in [3.05, 3.63) is 47.5 Å². The minimum Gasteiger partial charge on any atom is -0.454 e. The summed E-state index contributed by atoms with van der Waals surface area (Å²) in [6.45, 7) is 2.03. The normalized spacial score (nSPS) is 17.9. The van der Waals surface area contributed by atoms with Crippen LogP contribution in [-0.2, 0) is 16.4 Å². The lowest BCUT2D eigenvalue weighted by molar-refractivity contribution is 0.102. The molecule has 4 rings (SSSR count). The van der Waals surface area contributed by atoms with E-state index in [1.54, 1.807) is 36.4 Å². The van der Waals surface area contributed by atoms with Gasteiger partial charge in [-0.15, -0.1) is 0 Å². The average molecular weight is 374 g/mol. The molecule has 1 amide bonds. The van der Waals surface area contributed by atoms with Crippen LogP contribution in [-0.4, -0.2) is 33.4 Å². The molecule has 0 bridgehead atoms. The molecule has 2 aromatic rings. The van der Waals surface area contributed by atoms with E-state index in [1.807, 2.05) is 6.92 Å². The van der Waals surface area contributed by atoms with Crippen LogP contribution in [0.2, 0.25) is 0 Å². The number of anilines is 2. The van der Waals surface area contributed by atoms with Gasteiger partial charge in [-0.2, -0.15) is 0 Å². The summed E-state index contributed by atoms with van der Waals surface area (Å²) in [6, 6.07) is 10.1. The summed E-state index contributed by atoms with van der Waals surface area (Å²) in [5.41, 5.74) is 2.57. The third-order valence-electron chi connectivity index (χ3n) is 4.48.